The summed E-state index contributed by atoms with van der Waals surface area (Å²) in [5.41, 5.74) is 8.27. The van der Waals surface area contributed by atoms with Crippen molar-refractivity contribution in [2.24, 2.45) is 12.8 Å². The zero-order chi connectivity index (χ0) is 10.8. The third-order valence-corrected chi connectivity index (χ3v) is 3.32. The Morgan fingerprint density at radius 3 is 2.93 bits per heavy atom. The summed E-state index contributed by atoms with van der Waals surface area (Å²) >= 11 is 1.75. The smallest absolute Gasteiger partial charge is 0.0597 e. The number of aromatic nitrogens is 2. The van der Waals surface area contributed by atoms with E-state index in [-0.39, 0.29) is 6.04 Å². The van der Waals surface area contributed by atoms with Crippen LogP contribution in [0.2, 0.25) is 0 Å². The van der Waals surface area contributed by atoms with Gasteiger partial charge in [0.25, 0.3) is 0 Å². The molecule has 2 aromatic heterocycles. The van der Waals surface area contributed by atoms with Gasteiger partial charge >= 0.3 is 0 Å². The third kappa shape index (κ3) is 2.27. The van der Waals surface area contributed by atoms with Crippen molar-refractivity contribution < 1.29 is 0 Å². The van der Waals surface area contributed by atoms with Crippen LogP contribution in [0, 0.1) is 6.92 Å². The van der Waals surface area contributed by atoms with Gasteiger partial charge in [0.05, 0.1) is 17.4 Å². The molecule has 0 aliphatic carbocycles. The molecule has 1 unspecified atom stereocenters. The first-order chi connectivity index (χ1) is 7.16. The average molecular weight is 221 g/mol. The molecular weight excluding hydrogens is 206 g/mol. The fraction of sp³-hybridized carbons (Fsp3) is 0.364. The van der Waals surface area contributed by atoms with Crippen molar-refractivity contribution in [1.29, 1.82) is 0 Å². The molecule has 0 aliphatic heterocycles. The van der Waals surface area contributed by atoms with Crippen molar-refractivity contribution >= 4 is 11.3 Å². The van der Waals surface area contributed by atoms with Crippen molar-refractivity contribution in [3.63, 3.8) is 0 Å². The lowest BCUT2D eigenvalue weighted by molar-refractivity contribution is 0.618. The summed E-state index contributed by atoms with van der Waals surface area (Å²) in [5, 5.41) is 6.38. The summed E-state index contributed by atoms with van der Waals surface area (Å²) in [6.07, 6.45) is 0.886. The Morgan fingerprint density at radius 1 is 1.60 bits per heavy atom. The lowest BCUT2D eigenvalue weighted by atomic mass is 10.1. The predicted octanol–water partition coefficient (Wildman–Crippen LogP) is 2.03. The summed E-state index contributed by atoms with van der Waals surface area (Å²) in [7, 11) is 1.94. The van der Waals surface area contributed by atoms with E-state index in [4.69, 9.17) is 5.73 Å². The zero-order valence-corrected chi connectivity index (χ0v) is 9.79. The molecule has 0 aromatic carbocycles. The number of nitrogens with zero attached hydrogens (tertiary/aromatic N) is 2. The number of hydrogen-bond acceptors (Lipinski definition) is 3. The second kappa shape index (κ2) is 4.16. The maximum absolute atomic E-state index is 6.15. The van der Waals surface area contributed by atoms with Crippen LogP contribution >= 0.6 is 11.3 Å². The van der Waals surface area contributed by atoms with Crippen LogP contribution in [0.5, 0.6) is 0 Å². The number of nitrogens with two attached hydrogens (primary N) is 1. The molecule has 2 N–H and O–H groups in total. The van der Waals surface area contributed by atoms with Gasteiger partial charge in [-0.15, -0.1) is 11.3 Å². The molecule has 2 rings (SSSR count). The van der Waals surface area contributed by atoms with Crippen LogP contribution in [0.1, 0.15) is 22.3 Å². The summed E-state index contributed by atoms with van der Waals surface area (Å²) in [6.45, 7) is 1.99. The lowest BCUT2D eigenvalue weighted by Gasteiger charge is -2.10. The Morgan fingerprint density at radius 2 is 2.40 bits per heavy atom. The molecule has 0 spiro atoms. The quantitative estimate of drug-likeness (QED) is 0.862. The average Bonchev–Trinajstić information content (AvgIpc) is 2.75. The van der Waals surface area contributed by atoms with Gasteiger partial charge in [0.2, 0.25) is 0 Å². The van der Waals surface area contributed by atoms with Crippen LogP contribution in [-0.2, 0) is 13.5 Å². The van der Waals surface area contributed by atoms with E-state index in [1.807, 2.05) is 18.7 Å². The van der Waals surface area contributed by atoms with E-state index in [0.717, 1.165) is 17.8 Å². The highest BCUT2D eigenvalue weighted by Gasteiger charge is 2.12. The minimum atomic E-state index is 0.0369. The van der Waals surface area contributed by atoms with Gasteiger partial charge in [-0.05, 0) is 24.4 Å². The van der Waals surface area contributed by atoms with Gasteiger partial charge in [0.15, 0.2) is 0 Å². The third-order valence-electron chi connectivity index (χ3n) is 2.42. The minimum absolute atomic E-state index is 0.0369. The van der Waals surface area contributed by atoms with Gasteiger partial charge in [-0.3, -0.25) is 4.68 Å². The molecule has 80 valence electrons. The topological polar surface area (TPSA) is 43.8 Å². The number of hydrogen-bond donors (Lipinski definition) is 1. The molecule has 2 heterocycles. The highest BCUT2D eigenvalue weighted by Crippen LogP contribution is 2.19. The summed E-state index contributed by atoms with van der Waals surface area (Å²) in [4.78, 5) is 1.32. The highest BCUT2D eigenvalue weighted by atomic mass is 32.1. The molecule has 3 nitrogen and oxygen atoms in total. The van der Waals surface area contributed by atoms with Crippen molar-refractivity contribution in [1.82, 2.24) is 9.78 Å². The first-order valence-corrected chi connectivity index (χ1v) is 5.83. The molecule has 0 fully saturated rings. The maximum atomic E-state index is 6.15. The zero-order valence-electron chi connectivity index (χ0n) is 8.97. The van der Waals surface area contributed by atoms with Crippen LogP contribution in [0.4, 0.5) is 0 Å². The second-order valence-electron chi connectivity index (χ2n) is 3.72. The Balaban J connectivity index is 2.14. The first-order valence-electron chi connectivity index (χ1n) is 4.95. The van der Waals surface area contributed by atoms with E-state index in [0.29, 0.717) is 0 Å². The standard InChI is InChI=1S/C11H15N3S/c1-8-6-11(14(2)13-8)10(12)7-9-4-3-5-15-9/h3-6,10H,7,12H2,1-2H3. The summed E-state index contributed by atoms with van der Waals surface area (Å²) in [5.74, 6) is 0. The van der Waals surface area contributed by atoms with Gasteiger partial charge in [0.1, 0.15) is 0 Å². The Hall–Kier alpha value is -1.13. The molecule has 0 amide bonds. The largest absolute Gasteiger partial charge is 0.322 e. The van der Waals surface area contributed by atoms with Crippen LogP contribution in [-0.4, -0.2) is 9.78 Å². The summed E-state index contributed by atoms with van der Waals surface area (Å²) in [6, 6.07) is 6.27. The Kier molecular flexibility index (Phi) is 2.88. The second-order valence-corrected chi connectivity index (χ2v) is 4.76. The molecule has 0 saturated heterocycles. The Bertz CT molecular complexity index is 431. The molecule has 4 heteroatoms. The van der Waals surface area contributed by atoms with E-state index in [1.165, 1.54) is 4.88 Å². The van der Waals surface area contributed by atoms with Crippen LogP contribution < -0.4 is 5.73 Å². The minimum Gasteiger partial charge on any atom is -0.322 e. The van der Waals surface area contributed by atoms with E-state index >= 15 is 0 Å². The number of rotatable bonds is 3. The number of aryl methyl sites for hydroxylation is 2. The van der Waals surface area contributed by atoms with Gasteiger partial charge < -0.3 is 5.73 Å². The van der Waals surface area contributed by atoms with Crippen LogP contribution in [0.3, 0.4) is 0 Å². The normalized spacial score (nSPS) is 13.0. The maximum Gasteiger partial charge on any atom is 0.0597 e. The molecule has 0 saturated carbocycles. The fourth-order valence-corrected chi connectivity index (χ4v) is 2.49. The molecule has 0 radical (unpaired) electrons. The van der Waals surface area contributed by atoms with Gasteiger partial charge in [-0.2, -0.15) is 5.10 Å². The van der Waals surface area contributed by atoms with E-state index in [9.17, 15) is 0 Å². The van der Waals surface area contributed by atoms with Gasteiger partial charge in [0, 0.05) is 18.3 Å². The van der Waals surface area contributed by atoms with E-state index in [1.54, 1.807) is 11.3 Å². The molecular formula is C11H15N3S. The molecule has 1 atom stereocenters. The van der Waals surface area contributed by atoms with Crippen molar-refractivity contribution in [2.75, 3.05) is 0 Å². The van der Waals surface area contributed by atoms with Crippen molar-refractivity contribution in [3.05, 3.63) is 39.8 Å². The van der Waals surface area contributed by atoms with Crippen LogP contribution in [0.15, 0.2) is 23.6 Å². The number of thiophene rings is 1. The van der Waals surface area contributed by atoms with Crippen molar-refractivity contribution in [3.8, 4) is 0 Å². The molecule has 0 bridgehead atoms. The molecule has 0 aliphatic rings. The molecule has 2 aromatic rings. The van der Waals surface area contributed by atoms with Gasteiger partial charge in [-0.1, -0.05) is 6.07 Å². The first kappa shape index (κ1) is 10.4. The van der Waals surface area contributed by atoms with Gasteiger partial charge in [-0.25, -0.2) is 0 Å². The predicted molar refractivity (Wildman–Crippen MR) is 62.9 cm³/mol. The van der Waals surface area contributed by atoms with Crippen molar-refractivity contribution in [2.45, 2.75) is 19.4 Å². The summed E-state index contributed by atoms with van der Waals surface area (Å²) < 4.78 is 1.87. The lowest BCUT2D eigenvalue weighted by Crippen LogP contribution is -2.16. The Labute approximate surface area is 93.5 Å². The fourth-order valence-electron chi connectivity index (χ4n) is 1.73. The monoisotopic (exact) mass is 221 g/mol. The SMILES string of the molecule is Cc1cc(C(N)Cc2cccs2)n(C)n1. The van der Waals surface area contributed by atoms with E-state index < -0.39 is 0 Å². The van der Waals surface area contributed by atoms with E-state index in [2.05, 4.69) is 28.7 Å². The molecule has 15 heavy (non-hydrogen) atoms. The highest BCUT2D eigenvalue weighted by molar-refractivity contribution is 7.09. The van der Waals surface area contributed by atoms with Crippen LogP contribution in [0.25, 0.3) is 0 Å².